The van der Waals surface area contributed by atoms with Gasteiger partial charge in [0.2, 0.25) is 0 Å². The van der Waals surface area contributed by atoms with Crippen LogP contribution >= 0.6 is 0 Å². The predicted molar refractivity (Wildman–Crippen MR) is 152 cm³/mol. The molecule has 0 fully saturated rings. The Kier molecular flexibility index (Phi) is 4.71. The van der Waals surface area contributed by atoms with Crippen molar-refractivity contribution in [3.05, 3.63) is 133 Å². The van der Waals surface area contributed by atoms with E-state index in [1.807, 2.05) is 6.07 Å². The monoisotopic (exact) mass is 460 g/mol. The van der Waals surface area contributed by atoms with E-state index in [1.54, 1.807) is 0 Å². The topological polar surface area (TPSA) is 17.8 Å². The molecular weight excluding hydrogens is 436 g/mol. The van der Waals surface area contributed by atoms with Gasteiger partial charge in [-0.25, -0.2) is 4.98 Å². The zero-order valence-corrected chi connectivity index (χ0v) is 20.0. The normalized spacial score (nSPS) is 11.5. The number of fused-ring (bicyclic) bond motifs is 3. The fourth-order valence-electron chi connectivity index (χ4n) is 5.53. The molecule has 0 radical (unpaired) electrons. The minimum atomic E-state index is 0.951. The number of hydrogen-bond donors (Lipinski definition) is 0. The fourth-order valence-corrected chi connectivity index (χ4v) is 5.53. The highest BCUT2D eigenvalue weighted by Gasteiger charge is 2.17. The van der Waals surface area contributed by atoms with Gasteiger partial charge in [-0.3, -0.25) is 4.57 Å². The van der Waals surface area contributed by atoms with E-state index < -0.39 is 0 Å². The molecule has 0 saturated carbocycles. The third-order valence-electron chi connectivity index (χ3n) is 7.19. The smallest absolute Gasteiger partial charge is 0.145 e. The lowest BCUT2D eigenvalue weighted by atomic mass is 9.89. The molecule has 0 aliphatic carbocycles. The Labute approximate surface area is 210 Å². The van der Waals surface area contributed by atoms with Gasteiger partial charge in [0, 0.05) is 11.3 Å². The zero-order chi connectivity index (χ0) is 24.1. The summed E-state index contributed by atoms with van der Waals surface area (Å²) in [6.07, 6.45) is 0. The number of aromatic nitrogens is 2. The van der Waals surface area contributed by atoms with E-state index in [9.17, 15) is 0 Å². The Hall–Kier alpha value is -4.69. The molecule has 0 unspecified atom stereocenters. The van der Waals surface area contributed by atoms with Crippen LogP contribution in [0.1, 0.15) is 5.56 Å². The molecule has 2 heteroatoms. The Balaban J connectivity index is 1.54. The van der Waals surface area contributed by atoms with Crippen molar-refractivity contribution in [2.24, 2.45) is 0 Å². The maximum atomic E-state index is 5.04. The Morgan fingerprint density at radius 3 is 1.83 bits per heavy atom. The molecule has 1 heterocycles. The van der Waals surface area contributed by atoms with Crippen LogP contribution < -0.4 is 0 Å². The van der Waals surface area contributed by atoms with Gasteiger partial charge in [0.05, 0.1) is 11.0 Å². The molecule has 0 aliphatic heterocycles. The highest BCUT2D eigenvalue weighted by atomic mass is 15.1. The van der Waals surface area contributed by atoms with Crippen LogP contribution in [0.25, 0.3) is 60.8 Å². The molecule has 170 valence electrons. The molecular formula is C34H24N2. The molecule has 7 rings (SSSR count). The van der Waals surface area contributed by atoms with E-state index in [0.29, 0.717) is 0 Å². The molecule has 7 aromatic rings. The molecule has 0 spiro atoms. The van der Waals surface area contributed by atoms with E-state index in [0.717, 1.165) is 28.1 Å². The molecule has 2 nitrogen and oxygen atoms in total. The van der Waals surface area contributed by atoms with Crippen LogP contribution in [0.2, 0.25) is 0 Å². The maximum absolute atomic E-state index is 5.04. The average molecular weight is 461 g/mol. The summed E-state index contributed by atoms with van der Waals surface area (Å²) in [7, 11) is 0. The van der Waals surface area contributed by atoms with Crippen molar-refractivity contribution >= 4 is 32.6 Å². The lowest BCUT2D eigenvalue weighted by Crippen LogP contribution is -1.98. The van der Waals surface area contributed by atoms with Gasteiger partial charge in [0.25, 0.3) is 0 Å². The van der Waals surface area contributed by atoms with E-state index in [4.69, 9.17) is 4.98 Å². The van der Waals surface area contributed by atoms with E-state index >= 15 is 0 Å². The zero-order valence-electron chi connectivity index (χ0n) is 20.0. The van der Waals surface area contributed by atoms with Gasteiger partial charge in [-0.15, -0.1) is 0 Å². The molecule has 0 bridgehead atoms. The molecule has 6 aromatic carbocycles. The highest BCUT2D eigenvalue weighted by molar-refractivity contribution is 6.15. The maximum Gasteiger partial charge on any atom is 0.145 e. The van der Waals surface area contributed by atoms with Gasteiger partial charge in [-0.1, -0.05) is 103 Å². The molecule has 36 heavy (non-hydrogen) atoms. The third-order valence-corrected chi connectivity index (χ3v) is 7.19. The predicted octanol–water partition coefficient (Wildman–Crippen LogP) is 8.97. The summed E-state index contributed by atoms with van der Waals surface area (Å²) >= 11 is 0. The largest absolute Gasteiger partial charge is 0.292 e. The summed E-state index contributed by atoms with van der Waals surface area (Å²) in [5.74, 6) is 0.951. The van der Waals surface area contributed by atoms with Gasteiger partial charge >= 0.3 is 0 Å². The number of para-hydroxylation sites is 2. The van der Waals surface area contributed by atoms with Crippen LogP contribution in [-0.4, -0.2) is 9.55 Å². The third kappa shape index (κ3) is 3.15. The Bertz CT molecular complexity index is 1840. The van der Waals surface area contributed by atoms with Crippen LogP contribution in [0.3, 0.4) is 0 Å². The van der Waals surface area contributed by atoms with Crippen molar-refractivity contribution < 1.29 is 0 Å². The Morgan fingerprint density at radius 1 is 0.528 bits per heavy atom. The summed E-state index contributed by atoms with van der Waals surface area (Å²) in [4.78, 5) is 5.04. The van der Waals surface area contributed by atoms with Gasteiger partial charge in [0.1, 0.15) is 5.82 Å². The first-order valence-electron chi connectivity index (χ1n) is 12.3. The Morgan fingerprint density at radius 2 is 1.11 bits per heavy atom. The SMILES string of the molecule is Cc1c2ccccc2c(-c2cccc(-n3c(-c4ccccc4)nc4ccccc43)c2)c2ccccc12. The molecule has 1 aromatic heterocycles. The summed E-state index contributed by atoms with van der Waals surface area (Å²) in [6, 6.07) is 45.2. The molecule has 0 amide bonds. The van der Waals surface area contributed by atoms with Crippen molar-refractivity contribution in [3.63, 3.8) is 0 Å². The van der Waals surface area contributed by atoms with Crippen LogP contribution in [-0.2, 0) is 0 Å². The minimum Gasteiger partial charge on any atom is -0.292 e. The molecule has 0 N–H and O–H groups in total. The highest BCUT2D eigenvalue weighted by Crippen LogP contribution is 2.40. The minimum absolute atomic E-state index is 0.951. The van der Waals surface area contributed by atoms with Crippen molar-refractivity contribution in [1.82, 2.24) is 9.55 Å². The second-order valence-electron chi connectivity index (χ2n) is 9.27. The fraction of sp³-hybridized carbons (Fsp3) is 0.0294. The number of aryl methyl sites for hydroxylation is 1. The van der Waals surface area contributed by atoms with Gasteiger partial charge in [0.15, 0.2) is 0 Å². The first-order valence-corrected chi connectivity index (χ1v) is 12.3. The van der Waals surface area contributed by atoms with Gasteiger partial charge in [-0.2, -0.15) is 0 Å². The number of hydrogen-bond acceptors (Lipinski definition) is 1. The summed E-state index contributed by atoms with van der Waals surface area (Å²) in [5, 5.41) is 5.17. The van der Waals surface area contributed by atoms with E-state index in [2.05, 4.69) is 133 Å². The van der Waals surface area contributed by atoms with Gasteiger partial charge in [-0.05, 0) is 69.4 Å². The summed E-state index contributed by atoms with van der Waals surface area (Å²) in [5.41, 5.74) is 8.11. The van der Waals surface area contributed by atoms with Crippen LogP contribution in [0.15, 0.2) is 127 Å². The van der Waals surface area contributed by atoms with Crippen molar-refractivity contribution in [1.29, 1.82) is 0 Å². The standard InChI is InChI=1S/C34H24N2/c1-23-27-16-5-7-18-29(27)33(30-19-8-6-17-28(23)30)25-14-11-15-26(22-25)36-32-21-10-9-20-31(32)35-34(36)24-12-3-2-4-13-24/h2-22H,1H3. The van der Waals surface area contributed by atoms with Crippen LogP contribution in [0.4, 0.5) is 0 Å². The number of nitrogens with zero attached hydrogens (tertiary/aromatic N) is 2. The first-order chi connectivity index (χ1) is 17.8. The van der Waals surface area contributed by atoms with Crippen molar-refractivity contribution in [3.8, 4) is 28.2 Å². The van der Waals surface area contributed by atoms with Crippen LogP contribution in [0.5, 0.6) is 0 Å². The van der Waals surface area contributed by atoms with Crippen molar-refractivity contribution in [2.75, 3.05) is 0 Å². The molecule has 0 saturated heterocycles. The first kappa shape index (κ1) is 20.7. The number of imidazole rings is 1. The lowest BCUT2D eigenvalue weighted by Gasteiger charge is -2.17. The number of rotatable bonds is 3. The van der Waals surface area contributed by atoms with Crippen molar-refractivity contribution in [2.45, 2.75) is 6.92 Å². The van der Waals surface area contributed by atoms with Gasteiger partial charge < -0.3 is 0 Å². The summed E-state index contributed by atoms with van der Waals surface area (Å²) in [6.45, 7) is 2.23. The summed E-state index contributed by atoms with van der Waals surface area (Å²) < 4.78 is 2.28. The molecule has 0 atom stereocenters. The second-order valence-corrected chi connectivity index (χ2v) is 9.27. The lowest BCUT2D eigenvalue weighted by molar-refractivity contribution is 1.10. The molecule has 0 aliphatic rings. The van der Waals surface area contributed by atoms with E-state index in [-0.39, 0.29) is 0 Å². The van der Waals surface area contributed by atoms with Crippen LogP contribution in [0, 0.1) is 6.92 Å². The second kappa shape index (κ2) is 8.21. The quantitative estimate of drug-likeness (QED) is 0.241. The van der Waals surface area contributed by atoms with E-state index in [1.165, 1.54) is 38.2 Å². The average Bonchev–Trinajstić information content (AvgIpc) is 3.34. The number of benzene rings is 6.